The molecule has 1 heterocycles. The summed E-state index contributed by atoms with van der Waals surface area (Å²) in [4.78, 5) is 39.7. The molecule has 3 rings (SSSR count). The van der Waals surface area contributed by atoms with E-state index in [-0.39, 0.29) is 5.91 Å². The fourth-order valence-electron chi connectivity index (χ4n) is 3.59. The molecule has 2 amide bonds. The number of esters is 1. The first-order valence-corrected chi connectivity index (χ1v) is 12.6. The van der Waals surface area contributed by atoms with Crippen LogP contribution in [0.3, 0.4) is 0 Å². The molecule has 0 aromatic heterocycles. The van der Waals surface area contributed by atoms with Gasteiger partial charge in [0.1, 0.15) is 11.6 Å². The first-order valence-electron chi connectivity index (χ1n) is 11.1. The second-order valence-electron chi connectivity index (χ2n) is 8.97. The number of para-hydroxylation sites is 2. The fourth-order valence-corrected chi connectivity index (χ4v) is 4.73. The lowest BCUT2D eigenvalue weighted by molar-refractivity contribution is -0.150. The second kappa shape index (κ2) is 10.4. The van der Waals surface area contributed by atoms with Crippen LogP contribution in [-0.2, 0) is 29.1 Å². The second-order valence-corrected chi connectivity index (χ2v) is 10.6. The van der Waals surface area contributed by atoms with Gasteiger partial charge in [-0.15, -0.1) is 0 Å². The molecule has 35 heavy (non-hydrogen) atoms. The summed E-state index contributed by atoms with van der Waals surface area (Å²) in [6, 6.07) is 14.4. The molecule has 1 atom stereocenters. The molecule has 2 aromatic rings. The highest BCUT2D eigenvalue weighted by Gasteiger charge is 2.44. The van der Waals surface area contributed by atoms with Crippen LogP contribution in [0.4, 0.5) is 11.4 Å². The number of ether oxygens (including phenoxy) is 1. The molecular formula is C25H29N3O6S. The van der Waals surface area contributed by atoms with E-state index in [1.54, 1.807) is 76.2 Å². The molecule has 2 N–H and O–H groups in total. The molecule has 0 radical (unpaired) electrons. The maximum absolute atomic E-state index is 13.1. The number of nitrogens with zero attached hydrogens (tertiary/aromatic N) is 1. The number of rotatable bonds is 8. The largest absolute Gasteiger partial charge is 0.454 e. The zero-order valence-corrected chi connectivity index (χ0v) is 20.8. The van der Waals surface area contributed by atoms with Gasteiger partial charge in [0.2, 0.25) is 15.9 Å². The van der Waals surface area contributed by atoms with E-state index in [0.717, 1.165) is 5.41 Å². The molecule has 0 bridgehead atoms. The van der Waals surface area contributed by atoms with Crippen LogP contribution in [0.15, 0.2) is 60.0 Å². The molecule has 2 aromatic carbocycles. The average molecular weight is 500 g/mol. The van der Waals surface area contributed by atoms with Crippen LogP contribution < -0.4 is 14.9 Å². The van der Waals surface area contributed by atoms with Crippen LogP contribution in [0.2, 0.25) is 0 Å². The van der Waals surface area contributed by atoms with Gasteiger partial charge in [-0.05, 0) is 43.5 Å². The van der Waals surface area contributed by atoms with Gasteiger partial charge >= 0.3 is 5.97 Å². The van der Waals surface area contributed by atoms with E-state index in [2.05, 4.69) is 10.0 Å². The minimum absolute atomic E-state index is 0.381. The molecule has 0 aliphatic carbocycles. The van der Waals surface area contributed by atoms with E-state index in [9.17, 15) is 22.8 Å². The number of benzene rings is 2. The highest BCUT2D eigenvalue weighted by atomic mass is 32.2. The van der Waals surface area contributed by atoms with E-state index in [1.807, 2.05) is 6.07 Å². The molecule has 9 nitrogen and oxygen atoms in total. The van der Waals surface area contributed by atoms with Gasteiger partial charge in [0.05, 0.1) is 11.4 Å². The van der Waals surface area contributed by atoms with Gasteiger partial charge in [0.15, 0.2) is 6.61 Å². The summed E-state index contributed by atoms with van der Waals surface area (Å²) in [5.41, 5.74) is 0.402. The zero-order valence-electron chi connectivity index (χ0n) is 20.0. The molecule has 1 unspecified atom stereocenters. The van der Waals surface area contributed by atoms with Crippen molar-refractivity contribution in [3.05, 3.63) is 65.6 Å². The van der Waals surface area contributed by atoms with Crippen molar-refractivity contribution in [1.29, 1.82) is 0 Å². The summed E-state index contributed by atoms with van der Waals surface area (Å²) in [5, 5.41) is 3.73. The summed E-state index contributed by atoms with van der Waals surface area (Å²) in [6.07, 6.45) is 1.41. The Kier molecular flexibility index (Phi) is 7.76. The highest BCUT2D eigenvalue weighted by molar-refractivity contribution is 7.92. The number of hydrogen-bond acceptors (Lipinski definition) is 6. The summed E-state index contributed by atoms with van der Waals surface area (Å²) >= 11 is 0. The molecule has 0 saturated carbocycles. The van der Waals surface area contributed by atoms with Gasteiger partial charge in [-0.2, -0.15) is 4.72 Å². The van der Waals surface area contributed by atoms with E-state index >= 15 is 0 Å². The molecule has 10 heteroatoms. The van der Waals surface area contributed by atoms with Gasteiger partial charge < -0.3 is 10.1 Å². The Labute approximate surface area is 205 Å². The number of carbonyl (C=O) groups excluding carboxylic acids is 3. The van der Waals surface area contributed by atoms with Gasteiger partial charge in [-0.3, -0.25) is 19.3 Å². The Balaban J connectivity index is 1.71. The van der Waals surface area contributed by atoms with Crippen molar-refractivity contribution in [2.45, 2.75) is 39.3 Å². The number of hydrogen-bond donors (Lipinski definition) is 2. The molecule has 0 saturated heterocycles. The third kappa shape index (κ3) is 6.14. The maximum Gasteiger partial charge on any atom is 0.324 e. The van der Waals surface area contributed by atoms with Gasteiger partial charge in [-0.25, -0.2) is 8.42 Å². The van der Waals surface area contributed by atoms with Crippen molar-refractivity contribution >= 4 is 45.3 Å². The normalized spacial score (nSPS) is 16.0. The first-order chi connectivity index (χ1) is 16.4. The van der Waals surface area contributed by atoms with Crippen molar-refractivity contribution in [2.24, 2.45) is 5.92 Å². The minimum atomic E-state index is -3.97. The van der Waals surface area contributed by atoms with Crippen molar-refractivity contribution in [1.82, 2.24) is 4.72 Å². The van der Waals surface area contributed by atoms with Crippen LogP contribution in [-0.4, -0.2) is 44.4 Å². The molecule has 0 spiro atoms. The number of sulfonamides is 1. The quantitative estimate of drug-likeness (QED) is 0.539. The highest BCUT2D eigenvalue weighted by Crippen LogP contribution is 2.36. The maximum atomic E-state index is 13.1. The lowest BCUT2D eigenvalue weighted by atomic mass is 9.96. The monoisotopic (exact) mass is 499 g/mol. The lowest BCUT2D eigenvalue weighted by Gasteiger charge is -2.41. The number of anilines is 2. The molecule has 1 aliphatic rings. The Morgan fingerprint density at radius 2 is 1.71 bits per heavy atom. The third-order valence-electron chi connectivity index (χ3n) is 5.55. The van der Waals surface area contributed by atoms with Crippen LogP contribution in [0.1, 0.15) is 33.3 Å². The van der Waals surface area contributed by atoms with Gasteiger partial charge in [0, 0.05) is 5.41 Å². The van der Waals surface area contributed by atoms with Crippen molar-refractivity contribution < 1.29 is 27.5 Å². The minimum Gasteiger partial charge on any atom is -0.454 e. The Bertz CT molecular complexity index is 1240. The third-order valence-corrected chi connectivity index (χ3v) is 6.62. The van der Waals surface area contributed by atoms with Crippen LogP contribution >= 0.6 is 0 Å². The number of amides is 2. The van der Waals surface area contributed by atoms with Gasteiger partial charge in [-0.1, -0.05) is 56.3 Å². The summed E-state index contributed by atoms with van der Waals surface area (Å²) in [5.74, 6) is -2.33. The van der Waals surface area contributed by atoms with Crippen LogP contribution in [0.5, 0.6) is 0 Å². The Morgan fingerprint density at radius 3 is 2.37 bits per heavy atom. The summed E-state index contributed by atoms with van der Waals surface area (Å²) in [6.45, 7) is 5.83. The van der Waals surface area contributed by atoms with Crippen LogP contribution in [0.25, 0.3) is 6.08 Å². The summed E-state index contributed by atoms with van der Waals surface area (Å²) < 4.78 is 32.6. The summed E-state index contributed by atoms with van der Waals surface area (Å²) in [7, 11) is -3.97. The van der Waals surface area contributed by atoms with Crippen molar-refractivity contribution in [2.75, 3.05) is 16.8 Å². The van der Waals surface area contributed by atoms with Gasteiger partial charge in [0.25, 0.3) is 5.91 Å². The van der Waals surface area contributed by atoms with E-state index < -0.39 is 46.0 Å². The predicted molar refractivity (Wildman–Crippen MR) is 134 cm³/mol. The number of nitrogens with one attached hydrogen (secondary N) is 2. The number of carbonyl (C=O) groups is 3. The predicted octanol–water partition coefficient (Wildman–Crippen LogP) is 2.91. The topological polar surface area (TPSA) is 122 Å². The standard InChI is InChI=1S/C25H29N3O6S/c1-17(2)22(27-35(32,33)15-14-18-10-6-5-7-11-18)23(30)34-16-21(29)28-20-13-9-8-12-19(20)26-24(31)25(28,3)4/h5-15,17,22,27H,16H2,1-4H3,(H,26,31)/b15-14+. The van der Waals surface area contributed by atoms with Crippen LogP contribution in [0, 0.1) is 5.92 Å². The lowest BCUT2D eigenvalue weighted by Crippen LogP contribution is -2.59. The zero-order chi connectivity index (χ0) is 25.8. The molecule has 186 valence electrons. The van der Waals surface area contributed by atoms with E-state index in [4.69, 9.17) is 4.74 Å². The SMILES string of the molecule is CC(C)C(NS(=O)(=O)/C=C/c1ccccc1)C(=O)OCC(=O)N1c2ccccc2NC(=O)C1(C)C. The Hall–Kier alpha value is -3.50. The van der Waals surface area contributed by atoms with Crippen molar-refractivity contribution in [3.63, 3.8) is 0 Å². The smallest absolute Gasteiger partial charge is 0.324 e. The number of fused-ring (bicyclic) bond motifs is 1. The molecule has 0 fully saturated rings. The fraction of sp³-hybridized carbons (Fsp3) is 0.320. The molecule has 1 aliphatic heterocycles. The average Bonchev–Trinajstić information content (AvgIpc) is 2.81. The first kappa shape index (κ1) is 26.1. The van der Waals surface area contributed by atoms with E-state index in [0.29, 0.717) is 16.9 Å². The molecular weight excluding hydrogens is 470 g/mol. The van der Waals surface area contributed by atoms with E-state index in [1.165, 1.54) is 11.0 Å². The Morgan fingerprint density at radius 1 is 1.09 bits per heavy atom. The van der Waals surface area contributed by atoms with Crippen molar-refractivity contribution in [3.8, 4) is 0 Å².